The van der Waals surface area contributed by atoms with Gasteiger partial charge >= 0.3 is 0 Å². The molecule has 0 saturated heterocycles. The van der Waals surface area contributed by atoms with Gasteiger partial charge in [-0.2, -0.15) is 0 Å². The molecule has 0 radical (unpaired) electrons. The maximum atomic E-state index is 10.7. The Morgan fingerprint density at radius 3 is 3.05 bits per heavy atom. The highest BCUT2D eigenvalue weighted by Gasteiger charge is 2.13. The first-order valence-corrected chi connectivity index (χ1v) is 7.30. The fourth-order valence-electron chi connectivity index (χ4n) is 1.46. The van der Waals surface area contributed by atoms with Gasteiger partial charge in [-0.15, -0.1) is 5.10 Å². The van der Waals surface area contributed by atoms with Gasteiger partial charge in [0.25, 0.3) is 5.69 Å². The molecule has 0 aliphatic carbocycles. The fraction of sp³-hybridized carbons (Fsp3) is 0.273. The number of ether oxygens (including phenoxy) is 1. The van der Waals surface area contributed by atoms with E-state index in [0.29, 0.717) is 15.9 Å². The van der Waals surface area contributed by atoms with Gasteiger partial charge in [0.15, 0.2) is 0 Å². The van der Waals surface area contributed by atoms with Gasteiger partial charge in [0.1, 0.15) is 23.1 Å². The Morgan fingerprint density at radius 1 is 1.55 bits per heavy atom. The van der Waals surface area contributed by atoms with E-state index in [1.165, 1.54) is 23.7 Å². The molecule has 0 unspecified atom stereocenters. The second-order valence-electron chi connectivity index (χ2n) is 3.74. The summed E-state index contributed by atoms with van der Waals surface area (Å²) < 4.78 is 10.1. The molecule has 0 saturated carbocycles. The number of aromatic nitrogens is 2. The van der Waals surface area contributed by atoms with Crippen LogP contribution in [0, 0.1) is 10.1 Å². The third kappa shape index (κ3) is 3.42. The molecule has 0 fully saturated rings. The number of nitro benzene ring substituents is 1. The smallest absolute Gasteiger partial charge is 0.273 e. The van der Waals surface area contributed by atoms with Crippen molar-refractivity contribution in [2.75, 3.05) is 11.9 Å². The lowest BCUT2D eigenvalue weighted by Crippen LogP contribution is -2.02. The predicted octanol–water partition coefficient (Wildman–Crippen LogP) is 3.22. The summed E-state index contributed by atoms with van der Waals surface area (Å²) in [6.07, 6.45) is 0. The Labute approximate surface area is 127 Å². The van der Waals surface area contributed by atoms with E-state index in [0.717, 1.165) is 11.5 Å². The number of benzene rings is 1. The number of nitro groups is 1. The van der Waals surface area contributed by atoms with Crippen molar-refractivity contribution in [2.24, 2.45) is 0 Å². The maximum absolute atomic E-state index is 10.7. The minimum atomic E-state index is -0.465. The summed E-state index contributed by atoms with van der Waals surface area (Å²) >= 11 is 4.55. The summed E-state index contributed by atoms with van der Waals surface area (Å²) in [5.41, 5.74) is 0.654. The van der Waals surface area contributed by atoms with Crippen LogP contribution in [0.1, 0.15) is 12.6 Å². The second-order valence-corrected chi connectivity index (χ2v) is 5.35. The number of rotatable bonds is 6. The molecular formula is C11H11BrN4O3S. The number of nitrogens with zero attached hydrogens (tertiary/aromatic N) is 3. The molecule has 0 spiro atoms. The number of nitrogens with one attached hydrogen (secondary N) is 1. The second kappa shape index (κ2) is 6.62. The molecule has 106 valence electrons. The molecule has 2 rings (SSSR count). The minimum Gasteiger partial charge on any atom is -0.486 e. The van der Waals surface area contributed by atoms with Crippen LogP contribution in [0.2, 0.25) is 0 Å². The number of hydrogen-bond donors (Lipinski definition) is 1. The highest BCUT2D eigenvalue weighted by atomic mass is 79.9. The van der Waals surface area contributed by atoms with Crippen molar-refractivity contribution in [2.45, 2.75) is 13.5 Å². The van der Waals surface area contributed by atoms with Crippen molar-refractivity contribution in [3.8, 4) is 5.75 Å². The molecule has 9 heteroatoms. The Kier molecular flexibility index (Phi) is 4.85. The van der Waals surface area contributed by atoms with E-state index in [1.807, 2.05) is 6.92 Å². The number of halogens is 1. The first kappa shape index (κ1) is 14.7. The van der Waals surface area contributed by atoms with Gasteiger partial charge in [0.2, 0.25) is 0 Å². The zero-order valence-corrected chi connectivity index (χ0v) is 12.9. The van der Waals surface area contributed by atoms with Gasteiger partial charge in [-0.1, -0.05) is 4.49 Å². The van der Waals surface area contributed by atoms with E-state index < -0.39 is 4.92 Å². The van der Waals surface area contributed by atoms with Crippen LogP contribution in [0.4, 0.5) is 10.7 Å². The Balaban J connectivity index is 2.12. The average molecular weight is 359 g/mol. The van der Waals surface area contributed by atoms with E-state index in [-0.39, 0.29) is 12.3 Å². The molecule has 0 aliphatic heterocycles. The normalized spacial score (nSPS) is 10.3. The van der Waals surface area contributed by atoms with Gasteiger partial charge in [-0.3, -0.25) is 10.1 Å². The lowest BCUT2D eigenvalue weighted by atomic mass is 10.3. The van der Waals surface area contributed by atoms with Gasteiger partial charge in [-0.25, -0.2) is 0 Å². The first-order valence-electron chi connectivity index (χ1n) is 5.73. The van der Waals surface area contributed by atoms with E-state index in [1.54, 1.807) is 6.07 Å². The molecule has 1 aromatic heterocycles. The van der Waals surface area contributed by atoms with E-state index >= 15 is 0 Å². The highest BCUT2D eigenvalue weighted by molar-refractivity contribution is 9.10. The molecule has 1 aromatic carbocycles. The first-order chi connectivity index (χ1) is 9.61. The van der Waals surface area contributed by atoms with Gasteiger partial charge < -0.3 is 10.1 Å². The van der Waals surface area contributed by atoms with E-state index in [2.05, 4.69) is 30.8 Å². The van der Waals surface area contributed by atoms with E-state index in [4.69, 9.17) is 4.74 Å². The lowest BCUT2D eigenvalue weighted by Gasteiger charge is -2.07. The van der Waals surface area contributed by atoms with Crippen molar-refractivity contribution in [1.29, 1.82) is 0 Å². The van der Waals surface area contributed by atoms with Crippen molar-refractivity contribution >= 4 is 38.2 Å². The summed E-state index contributed by atoms with van der Waals surface area (Å²) in [6.45, 7) is 2.93. The van der Waals surface area contributed by atoms with Crippen molar-refractivity contribution in [1.82, 2.24) is 9.59 Å². The van der Waals surface area contributed by atoms with Gasteiger partial charge in [0, 0.05) is 24.1 Å². The maximum Gasteiger partial charge on any atom is 0.273 e. The third-order valence-corrected chi connectivity index (χ3v) is 3.76. The van der Waals surface area contributed by atoms with Crippen LogP contribution in [-0.4, -0.2) is 21.1 Å². The zero-order chi connectivity index (χ0) is 14.5. The molecule has 0 atom stereocenters. The minimum absolute atomic E-state index is 0.0218. The SMILES string of the molecule is CCNc1snnc1COc1cc([N+](=O)[O-])ccc1Br. The lowest BCUT2D eigenvalue weighted by molar-refractivity contribution is -0.385. The largest absolute Gasteiger partial charge is 0.486 e. The van der Waals surface area contributed by atoms with Crippen molar-refractivity contribution in [3.05, 3.63) is 38.5 Å². The standard InChI is InChI=1S/C11H11BrN4O3S/c1-2-13-11-9(14-15-20-11)6-19-10-5-7(16(17)18)3-4-8(10)12/h3-5,13H,2,6H2,1H3. The van der Waals surface area contributed by atoms with Crippen LogP contribution >= 0.6 is 27.5 Å². The third-order valence-electron chi connectivity index (χ3n) is 2.38. The van der Waals surface area contributed by atoms with Gasteiger partial charge in [0.05, 0.1) is 15.5 Å². The fourth-order valence-corrected chi connectivity index (χ4v) is 2.46. The zero-order valence-electron chi connectivity index (χ0n) is 10.5. The van der Waals surface area contributed by atoms with Crippen LogP contribution in [0.3, 0.4) is 0 Å². The summed E-state index contributed by atoms with van der Waals surface area (Å²) in [4.78, 5) is 10.3. The molecular weight excluding hydrogens is 348 g/mol. The molecule has 0 aliphatic rings. The van der Waals surface area contributed by atoms with Gasteiger partial charge in [-0.05, 0) is 28.9 Å². The summed E-state index contributed by atoms with van der Waals surface area (Å²) in [5, 5.41) is 18.7. The Morgan fingerprint density at radius 2 is 2.35 bits per heavy atom. The number of non-ortho nitro benzene ring substituents is 1. The number of hydrogen-bond acceptors (Lipinski definition) is 7. The molecule has 2 aromatic rings. The van der Waals surface area contributed by atoms with E-state index in [9.17, 15) is 10.1 Å². The summed E-state index contributed by atoms with van der Waals surface area (Å²) in [6, 6.07) is 4.36. The topological polar surface area (TPSA) is 90.2 Å². The summed E-state index contributed by atoms with van der Waals surface area (Å²) in [5.74, 6) is 0.398. The Bertz CT molecular complexity index is 619. The highest BCUT2D eigenvalue weighted by Crippen LogP contribution is 2.30. The molecule has 7 nitrogen and oxygen atoms in total. The molecule has 0 bridgehead atoms. The van der Waals surface area contributed by atoms with Crippen LogP contribution in [0.25, 0.3) is 0 Å². The number of anilines is 1. The van der Waals surface area contributed by atoms with Crippen molar-refractivity contribution in [3.63, 3.8) is 0 Å². The molecule has 20 heavy (non-hydrogen) atoms. The van der Waals surface area contributed by atoms with Crippen LogP contribution in [-0.2, 0) is 6.61 Å². The van der Waals surface area contributed by atoms with Crippen LogP contribution < -0.4 is 10.1 Å². The monoisotopic (exact) mass is 358 g/mol. The molecule has 1 N–H and O–H groups in total. The summed E-state index contributed by atoms with van der Waals surface area (Å²) in [7, 11) is 0. The average Bonchev–Trinajstić information content (AvgIpc) is 2.85. The quantitative estimate of drug-likeness (QED) is 0.629. The van der Waals surface area contributed by atoms with Crippen molar-refractivity contribution < 1.29 is 9.66 Å². The Hall–Kier alpha value is -1.74. The van der Waals surface area contributed by atoms with Crippen LogP contribution in [0.15, 0.2) is 22.7 Å². The van der Waals surface area contributed by atoms with Crippen LogP contribution in [0.5, 0.6) is 5.75 Å². The molecule has 1 heterocycles. The predicted molar refractivity (Wildman–Crippen MR) is 79.2 cm³/mol. The molecule has 0 amide bonds.